The zero-order valence-electron chi connectivity index (χ0n) is 12.5. The Bertz CT molecular complexity index is 577. The lowest BCUT2D eigenvalue weighted by Crippen LogP contribution is -2.42. The summed E-state index contributed by atoms with van der Waals surface area (Å²) in [6.07, 6.45) is -0.521. The van der Waals surface area contributed by atoms with Gasteiger partial charge in [0.15, 0.2) is 5.16 Å². The highest BCUT2D eigenvalue weighted by molar-refractivity contribution is 7.99. The number of amides is 1. The van der Waals surface area contributed by atoms with Gasteiger partial charge in [0.2, 0.25) is 5.91 Å². The number of aromatic nitrogens is 2. The molecular weight excluding hydrogens is 286 g/mol. The molecule has 1 aromatic carbocycles. The highest BCUT2D eigenvalue weighted by Gasteiger charge is 2.19. The van der Waals surface area contributed by atoms with Crippen molar-refractivity contribution in [3.05, 3.63) is 24.3 Å². The molecule has 5 nitrogen and oxygen atoms in total. The molecule has 2 aromatic rings. The molecule has 0 saturated heterocycles. The quantitative estimate of drug-likeness (QED) is 0.803. The van der Waals surface area contributed by atoms with Crippen LogP contribution in [-0.4, -0.2) is 50.3 Å². The predicted octanol–water partition coefficient (Wildman–Crippen LogP) is 2.27. The third kappa shape index (κ3) is 4.22. The number of nitrogens with zero attached hydrogens (tertiary/aromatic N) is 2. The van der Waals surface area contributed by atoms with Crippen LogP contribution in [0.15, 0.2) is 29.4 Å². The molecule has 6 heteroatoms. The number of hydrogen-bond acceptors (Lipinski definition) is 4. The van der Waals surface area contributed by atoms with Crippen LogP contribution in [0.4, 0.5) is 0 Å². The summed E-state index contributed by atoms with van der Waals surface area (Å²) in [4.78, 5) is 21.6. The van der Waals surface area contributed by atoms with E-state index >= 15 is 0 Å². The number of carbonyl (C=O) groups is 1. The molecule has 0 saturated carbocycles. The topological polar surface area (TPSA) is 69.2 Å². The molecule has 0 bridgehead atoms. The maximum atomic E-state index is 12.3. The van der Waals surface area contributed by atoms with Crippen LogP contribution < -0.4 is 0 Å². The molecule has 0 radical (unpaired) electrons. The smallest absolute Gasteiger partial charge is 0.233 e. The Balaban J connectivity index is 1.98. The standard InChI is InChI=1S/C15H21N3O2S/c1-10(2)18(8-11(3)19)14(20)9-21-15-16-12-6-4-5-7-13(12)17-15/h4-7,10-11,19H,8-9H2,1-3H3,(H,16,17). The van der Waals surface area contributed by atoms with Crippen LogP contribution in [0.25, 0.3) is 11.0 Å². The molecular formula is C15H21N3O2S. The Morgan fingerprint density at radius 2 is 2.10 bits per heavy atom. The van der Waals surface area contributed by atoms with Gasteiger partial charge in [0.05, 0.1) is 22.9 Å². The number of aliphatic hydroxyl groups is 1. The molecule has 1 aromatic heterocycles. The number of imidazole rings is 1. The molecule has 114 valence electrons. The largest absolute Gasteiger partial charge is 0.392 e. The summed E-state index contributed by atoms with van der Waals surface area (Å²) >= 11 is 1.39. The first kappa shape index (κ1) is 15.9. The summed E-state index contributed by atoms with van der Waals surface area (Å²) < 4.78 is 0. The van der Waals surface area contributed by atoms with Crippen LogP contribution >= 0.6 is 11.8 Å². The fourth-order valence-electron chi connectivity index (χ4n) is 2.10. The normalized spacial score (nSPS) is 12.8. The molecule has 0 aliphatic heterocycles. The summed E-state index contributed by atoms with van der Waals surface area (Å²) in [5.74, 6) is 0.321. The highest BCUT2D eigenvalue weighted by Crippen LogP contribution is 2.19. The van der Waals surface area contributed by atoms with Gasteiger partial charge in [-0.2, -0.15) is 0 Å². The Hall–Kier alpha value is -1.53. The summed E-state index contributed by atoms with van der Waals surface area (Å²) in [5, 5.41) is 10.2. The van der Waals surface area contributed by atoms with Crippen molar-refractivity contribution in [2.24, 2.45) is 0 Å². The Labute approximate surface area is 128 Å². The summed E-state index contributed by atoms with van der Waals surface area (Å²) in [6.45, 7) is 5.95. The number of thioether (sulfide) groups is 1. The number of aromatic amines is 1. The number of fused-ring (bicyclic) bond motifs is 1. The fourth-order valence-corrected chi connectivity index (χ4v) is 2.87. The molecule has 1 heterocycles. The van der Waals surface area contributed by atoms with Crippen LogP contribution in [-0.2, 0) is 4.79 Å². The van der Waals surface area contributed by atoms with E-state index in [1.165, 1.54) is 11.8 Å². The minimum Gasteiger partial charge on any atom is -0.392 e. The van der Waals surface area contributed by atoms with E-state index in [2.05, 4.69) is 9.97 Å². The number of aliphatic hydroxyl groups excluding tert-OH is 1. The molecule has 1 atom stereocenters. The van der Waals surface area contributed by atoms with E-state index in [0.29, 0.717) is 12.3 Å². The third-order valence-electron chi connectivity index (χ3n) is 3.10. The van der Waals surface area contributed by atoms with Gasteiger partial charge in [-0.05, 0) is 32.9 Å². The molecule has 0 aliphatic carbocycles. The minimum atomic E-state index is -0.521. The second-order valence-electron chi connectivity index (χ2n) is 5.34. The third-order valence-corrected chi connectivity index (χ3v) is 3.96. The number of carbonyl (C=O) groups excluding carboxylic acids is 1. The predicted molar refractivity (Wildman–Crippen MR) is 85.3 cm³/mol. The van der Waals surface area contributed by atoms with Crippen molar-refractivity contribution in [1.29, 1.82) is 0 Å². The zero-order chi connectivity index (χ0) is 15.4. The van der Waals surface area contributed by atoms with Crippen molar-refractivity contribution in [2.75, 3.05) is 12.3 Å². The molecule has 1 amide bonds. The van der Waals surface area contributed by atoms with Crippen molar-refractivity contribution < 1.29 is 9.90 Å². The number of para-hydroxylation sites is 2. The lowest BCUT2D eigenvalue weighted by atomic mass is 10.2. The Morgan fingerprint density at radius 1 is 1.38 bits per heavy atom. The molecule has 1 unspecified atom stereocenters. The van der Waals surface area contributed by atoms with Crippen LogP contribution in [0.1, 0.15) is 20.8 Å². The molecule has 0 aliphatic rings. The first-order chi connectivity index (χ1) is 9.97. The van der Waals surface area contributed by atoms with E-state index in [0.717, 1.165) is 16.2 Å². The Kier molecular flexibility index (Phi) is 5.25. The molecule has 21 heavy (non-hydrogen) atoms. The highest BCUT2D eigenvalue weighted by atomic mass is 32.2. The van der Waals surface area contributed by atoms with Gasteiger partial charge in [-0.3, -0.25) is 4.79 Å². The monoisotopic (exact) mass is 307 g/mol. The van der Waals surface area contributed by atoms with Crippen LogP contribution in [0.3, 0.4) is 0 Å². The van der Waals surface area contributed by atoms with E-state index < -0.39 is 6.10 Å². The van der Waals surface area contributed by atoms with Gasteiger partial charge in [0.1, 0.15) is 0 Å². The van der Waals surface area contributed by atoms with Gasteiger partial charge in [0.25, 0.3) is 0 Å². The first-order valence-electron chi connectivity index (χ1n) is 7.02. The van der Waals surface area contributed by atoms with Gasteiger partial charge in [-0.15, -0.1) is 0 Å². The van der Waals surface area contributed by atoms with Crippen molar-refractivity contribution in [3.63, 3.8) is 0 Å². The maximum absolute atomic E-state index is 12.3. The number of benzene rings is 1. The summed E-state index contributed by atoms with van der Waals surface area (Å²) in [5.41, 5.74) is 1.87. The number of H-pyrrole nitrogens is 1. The van der Waals surface area contributed by atoms with E-state index in [-0.39, 0.29) is 11.9 Å². The number of nitrogens with one attached hydrogen (secondary N) is 1. The summed E-state index contributed by atoms with van der Waals surface area (Å²) in [6, 6.07) is 7.85. The number of rotatable bonds is 6. The average Bonchev–Trinajstić information content (AvgIpc) is 2.84. The van der Waals surface area contributed by atoms with Gasteiger partial charge < -0.3 is 15.0 Å². The van der Waals surface area contributed by atoms with Crippen molar-refractivity contribution in [1.82, 2.24) is 14.9 Å². The molecule has 0 spiro atoms. The van der Waals surface area contributed by atoms with E-state index in [9.17, 15) is 9.90 Å². The van der Waals surface area contributed by atoms with Crippen LogP contribution in [0.5, 0.6) is 0 Å². The van der Waals surface area contributed by atoms with Gasteiger partial charge in [0, 0.05) is 12.6 Å². The molecule has 0 fully saturated rings. The lowest BCUT2D eigenvalue weighted by Gasteiger charge is -2.27. The van der Waals surface area contributed by atoms with E-state index in [1.54, 1.807) is 11.8 Å². The van der Waals surface area contributed by atoms with E-state index in [1.807, 2.05) is 38.1 Å². The second kappa shape index (κ2) is 6.95. The van der Waals surface area contributed by atoms with Gasteiger partial charge >= 0.3 is 0 Å². The SMILES string of the molecule is CC(O)CN(C(=O)CSc1nc2ccccc2[nH]1)C(C)C. The van der Waals surface area contributed by atoms with Crippen molar-refractivity contribution in [3.8, 4) is 0 Å². The summed E-state index contributed by atoms with van der Waals surface area (Å²) in [7, 11) is 0. The van der Waals surface area contributed by atoms with Crippen LogP contribution in [0.2, 0.25) is 0 Å². The van der Waals surface area contributed by atoms with Crippen molar-refractivity contribution in [2.45, 2.75) is 38.1 Å². The number of hydrogen-bond donors (Lipinski definition) is 2. The Morgan fingerprint density at radius 3 is 2.71 bits per heavy atom. The van der Waals surface area contributed by atoms with Gasteiger partial charge in [-0.1, -0.05) is 23.9 Å². The van der Waals surface area contributed by atoms with E-state index in [4.69, 9.17) is 0 Å². The zero-order valence-corrected chi connectivity index (χ0v) is 13.4. The lowest BCUT2D eigenvalue weighted by molar-refractivity contribution is -0.131. The van der Waals surface area contributed by atoms with Crippen LogP contribution in [0, 0.1) is 0 Å². The van der Waals surface area contributed by atoms with Crippen molar-refractivity contribution >= 4 is 28.7 Å². The second-order valence-corrected chi connectivity index (χ2v) is 6.30. The maximum Gasteiger partial charge on any atom is 0.233 e. The molecule has 2 rings (SSSR count). The minimum absolute atomic E-state index is 0.0105. The fraction of sp³-hybridized carbons (Fsp3) is 0.467. The molecule has 2 N–H and O–H groups in total. The first-order valence-corrected chi connectivity index (χ1v) is 8.01. The van der Waals surface area contributed by atoms with Gasteiger partial charge in [-0.25, -0.2) is 4.98 Å². The average molecular weight is 307 g/mol.